The molecule has 0 saturated carbocycles. The van der Waals surface area contributed by atoms with Gasteiger partial charge in [0.2, 0.25) is 5.95 Å². The van der Waals surface area contributed by atoms with E-state index in [4.69, 9.17) is 4.74 Å². The van der Waals surface area contributed by atoms with Crippen LogP contribution in [0.4, 0.5) is 5.95 Å². The van der Waals surface area contributed by atoms with E-state index in [2.05, 4.69) is 25.1 Å². The van der Waals surface area contributed by atoms with Crippen molar-refractivity contribution in [2.45, 2.75) is 26.3 Å². The van der Waals surface area contributed by atoms with E-state index in [1.165, 1.54) is 4.80 Å². The van der Waals surface area contributed by atoms with Crippen LogP contribution in [0.15, 0.2) is 36.7 Å². The number of hydrogen-bond donors (Lipinski definition) is 0. The molecule has 2 aliphatic rings. The van der Waals surface area contributed by atoms with Gasteiger partial charge in [-0.05, 0) is 44.5 Å². The van der Waals surface area contributed by atoms with Crippen molar-refractivity contribution >= 4 is 11.9 Å². The first kappa shape index (κ1) is 19.5. The molecule has 1 aromatic carbocycles. The van der Waals surface area contributed by atoms with Crippen molar-refractivity contribution in [2.75, 3.05) is 31.6 Å². The smallest absolute Gasteiger partial charge is 0.256 e. The summed E-state index contributed by atoms with van der Waals surface area (Å²) in [5, 5.41) is 8.41. The van der Waals surface area contributed by atoms with Crippen molar-refractivity contribution in [3.05, 3.63) is 53.6 Å². The molecule has 9 heteroatoms. The van der Waals surface area contributed by atoms with E-state index in [1.807, 2.05) is 36.9 Å². The minimum Gasteiger partial charge on any atom is -0.497 e. The number of carbonyl (C=O) groups excluding carboxylic acids is 1. The molecule has 3 aromatic rings. The molecule has 5 rings (SSSR count). The number of aromatic nitrogens is 5. The maximum absolute atomic E-state index is 13.6. The van der Waals surface area contributed by atoms with Gasteiger partial charge in [0.1, 0.15) is 5.75 Å². The Bertz CT molecular complexity index is 1090. The average molecular weight is 419 g/mol. The molecule has 9 nitrogen and oxygen atoms in total. The predicted octanol–water partition coefficient (Wildman–Crippen LogP) is 2.03. The van der Waals surface area contributed by atoms with Crippen molar-refractivity contribution in [2.24, 2.45) is 5.92 Å². The molecule has 2 aliphatic heterocycles. The summed E-state index contributed by atoms with van der Waals surface area (Å²) in [6, 6.07) is 7.51. The number of amides is 1. The molecule has 0 unspecified atom stereocenters. The van der Waals surface area contributed by atoms with Crippen molar-refractivity contribution in [1.29, 1.82) is 0 Å². The maximum atomic E-state index is 13.6. The molecule has 0 bridgehead atoms. The van der Waals surface area contributed by atoms with Crippen LogP contribution in [0.1, 0.15) is 28.2 Å². The van der Waals surface area contributed by atoms with Crippen LogP contribution in [0, 0.1) is 19.8 Å². The number of hydrogen-bond acceptors (Lipinski definition) is 7. The highest BCUT2D eigenvalue weighted by atomic mass is 16.5. The first-order valence-electron chi connectivity index (χ1n) is 10.5. The van der Waals surface area contributed by atoms with Crippen molar-refractivity contribution in [1.82, 2.24) is 29.9 Å². The van der Waals surface area contributed by atoms with Gasteiger partial charge in [-0.2, -0.15) is 15.0 Å². The van der Waals surface area contributed by atoms with Gasteiger partial charge in [0.05, 0.1) is 36.8 Å². The number of nitrogens with zero attached hydrogens (tertiary/aromatic N) is 7. The summed E-state index contributed by atoms with van der Waals surface area (Å²) in [5.74, 6) is 1.85. The zero-order valence-electron chi connectivity index (χ0n) is 17.9. The van der Waals surface area contributed by atoms with Gasteiger partial charge in [0, 0.05) is 36.9 Å². The van der Waals surface area contributed by atoms with Gasteiger partial charge in [-0.3, -0.25) is 4.79 Å². The maximum Gasteiger partial charge on any atom is 0.256 e. The van der Waals surface area contributed by atoms with E-state index >= 15 is 0 Å². The fraction of sp³-hybridized carbons (Fsp3) is 0.409. The van der Waals surface area contributed by atoms with E-state index in [9.17, 15) is 4.79 Å². The highest BCUT2D eigenvalue weighted by molar-refractivity contribution is 5.99. The van der Waals surface area contributed by atoms with Crippen molar-refractivity contribution in [3.8, 4) is 11.4 Å². The Morgan fingerprint density at radius 1 is 1.06 bits per heavy atom. The molecule has 4 heterocycles. The van der Waals surface area contributed by atoms with Crippen LogP contribution < -0.4 is 9.64 Å². The van der Waals surface area contributed by atoms with E-state index < -0.39 is 0 Å². The van der Waals surface area contributed by atoms with Gasteiger partial charge < -0.3 is 14.5 Å². The fourth-order valence-corrected chi connectivity index (χ4v) is 4.54. The first-order chi connectivity index (χ1) is 15.0. The third-order valence-corrected chi connectivity index (χ3v) is 6.14. The predicted molar refractivity (Wildman–Crippen MR) is 115 cm³/mol. The number of piperidine rings is 1. The molecule has 2 aromatic heterocycles. The highest BCUT2D eigenvalue weighted by Crippen LogP contribution is 2.36. The Labute approximate surface area is 180 Å². The molecule has 2 atom stereocenters. The minimum absolute atomic E-state index is 0.0318. The van der Waals surface area contributed by atoms with Crippen molar-refractivity contribution < 1.29 is 9.53 Å². The van der Waals surface area contributed by atoms with E-state index in [-0.39, 0.29) is 11.9 Å². The zero-order chi connectivity index (χ0) is 21.5. The molecular formula is C22H25N7O2. The number of anilines is 1. The number of carbonyl (C=O) groups is 1. The highest BCUT2D eigenvalue weighted by Gasteiger charge is 2.46. The number of likely N-dealkylation sites (tertiary alicyclic amines) is 1. The van der Waals surface area contributed by atoms with Gasteiger partial charge in [0.15, 0.2) is 0 Å². The number of fused-ring (bicyclic) bond motifs is 1. The molecular weight excluding hydrogens is 394 g/mol. The standard InChI is InChI=1S/C22H25N7O2/c1-14-10-15(2)26-22(25-14)27-9-6-16-12-28(20(16)13-27)21(30)18-11-17(31-3)4-5-19(18)29-23-7-8-24-29/h4-5,7-8,10-11,16,20H,6,9,12-13H2,1-3H3/t16-,20-/m1/s1. The quantitative estimate of drug-likeness (QED) is 0.639. The number of methoxy groups -OCH3 is 1. The number of ether oxygens (including phenoxy) is 1. The Hall–Kier alpha value is -3.49. The number of aryl methyl sites for hydroxylation is 2. The average Bonchev–Trinajstić information content (AvgIpc) is 3.28. The van der Waals surface area contributed by atoms with Gasteiger partial charge in [-0.1, -0.05) is 0 Å². The third-order valence-electron chi connectivity index (χ3n) is 6.14. The van der Waals surface area contributed by atoms with E-state index in [0.29, 0.717) is 22.9 Å². The lowest BCUT2D eigenvalue weighted by atomic mass is 9.81. The van der Waals surface area contributed by atoms with Crippen LogP contribution in [0.2, 0.25) is 0 Å². The molecule has 31 heavy (non-hydrogen) atoms. The number of benzene rings is 1. The molecule has 1 amide bonds. The molecule has 2 fully saturated rings. The Morgan fingerprint density at radius 2 is 1.81 bits per heavy atom. The fourth-order valence-electron chi connectivity index (χ4n) is 4.54. The Morgan fingerprint density at radius 3 is 2.52 bits per heavy atom. The van der Waals surface area contributed by atoms with Crippen LogP contribution >= 0.6 is 0 Å². The lowest BCUT2D eigenvalue weighted by Gasteiger charge is -2.53. The largest absolute Gasteiger partial charge is 0.497 e. The third kappa shape index (κ3) is 3.49. The lowest BCUT2D eigenvalue weighted by molar-refractivity contribution is 0.00763. The summed E-state index contributed by atoms with van der Waals surface area (Å²) in [6.07, 6.45) is 4.22. The second kappa shape index (κ2) is 7.64. The van der Waals surface area contributed by atoms with E-state index in [0.717, 1.165) is 43.4 Å². The summed E-state index contributed by atoms with van der Waals surface area (Å²) in [7, 11) is 1.60. The second-order valence-corrected chi connectivity index (χ2v) is 8.17. The van der Waals surface area contributed by atoms with Gasteiger partial charge in [-0.15, -0.1) is 0 Å². The normalized spacial score (nSPS) is 20.2. The van der Waals surface area contributed by atoms with Crippen LogP contribution in [0.25, 0.3) is 5.69 Å². The molecule has 0 N–H and O–H groups in total. The van der Waals surface area contributed by atoms with Gasteiger partial charge in [-0.25, -0.2) is 9.97 Å². The number of rotatable bonds is 4. The van der Waals surface area contributed by atoms with Gasteiger partial charge in [0.25, 0.3) is 5.91 Å². The molecule has 0 aliphatic carbocycles. The molecule has 160 valence electrons. The topological polar surface area (TPSA) is 89.3 Å². The summed E-state index contributed by atoms with van der Waals surface area (Å²) in [5.41, 5.74) is 3.09. The Kier molecular flexibility index (Phi) is 4.80. The van der Waals surface area contributed by atoms with Crippen LogP contribution in [-0.4, -0.2) is 68.6 Å². The molecule has 0 spiro atoms. The lowest BCUT2D eigenvalue weighted by Crippen LogP contribution is -2.66. The van der Waals surface area contributed by atoms with Gasteiger partial charge >= 0.3 is 0 Å². The Balaban J connectivity index is 1.41. The first-order valence-corrected chi connectivity index (χ1v) is 10.5. The summed E-state index contributed by atoms with van der Waals surface area (Å²) in [6.45, 7) is 6.37. The van der Waals surface area contributed by atoms with Crippen LogP contribution in [0.3, 0.4) is 0 Å². The van der Waals surface area contributed by atoms with E-state index in [1.54, 1.807) is 25.6 Å². The second-order valence-electron chi connectivity index (χ2n) is 8.17. The van der Waals surface area contributed by atoms with Crippen LogP contribution in [-0.2, 0) is 0 Å². The summed E-state index contributed by atoms with van der Waals surface area (Å²) >= 11 is 0. The summed E-state index contributed by atoms with van der Waals surface area (Å²) < 4.78 is 5.37. The van der Waals surface area contributed by atoms with Crippen LogP contribution in [0.5, 0.6) is 5.75 Å². The monoisotopic (exact) mass is 419 g/mol. The SMILES string of the molecule is COc1ccc(-n2nccn2)c(C(=O)N2C[C@H]3CCN(c4nc(C)cc(C)n4)C[C@H]32)c1. The van der Waals surface area contributed by atoms with Crippen molar-refractivity contribution in [3.63, 3.8) is 0 Å². The minimum atomic E-state index is -0.0318. The molecule has 2 saturated heterocycles. The summed E-state index contributed by atoms with van der Waals surface area (Å²) in [4.78, 5) is 28.4. The molecule has 0 radical (unpaired) electrons. The zero-order valence-corrected chi connectivity index (χ0v) is 17.9.